The molecule has 1 aromatic rings. The molecule has 0 radical (unpaired) electrons. The summed E-state index contributed by atoms with van der Waals surface area (Å²) in [5.41, 5.74) is 1.86. The van der Waals surface area contributed by atoms with Crippen molar-refractivity contribution in [3.63, 3.8) is 0 Å². The van der Waals surface area contributed by atoms with Crippen molar-refractivity contribution in [1.29, 1.82) is 0 Å². The summed E-state index contributed by atoms with van der Waals surface area (Å²) in [6, 6.07) is 3.71. The van der Waals surface area contributed by atoms with Gasteiger partial charge in [0, 0.05) is 31.7 Å². The SMILES string of the molecule is CCNCc1cc(C)c(Br)c(S(=O)(=O)N(C)CCOC)c1. The first-order valence-electron chi connectivity index (χ1n) is 6.79. The zero-order chi connectivity index (χ0) is 16.0. The van der Waals surface area contributed by atoms with Crippen LogP contribution in [0.5, 0.6) is 0 Å². The smallest absolute Gasteiger partial charge is 0.244 e. The summed E-state index contributed by atoms with van der Waals surface area (Å²) in [5.74, 6) is 0. The summed E-state index contributed by atoms with van der Waals surface area (Å²) in [5, 5.41) is 3.21. The summed E-state index contributed by atoms with van der Waals surface area (Å²) in [4.78, 5) is 0.300. The molecule has 0 aliphatic heterocycles. The maximum absolute atomic E-state index is 12.7. The first-order valence-corrected chi connectivity index (χ1v) is 9.02. The largest absolute Gasteiger partial charge is 0.383 e. The lowest BCUT2D eigenvalue weighted by Crippen LogP contribution is -2.30. The number of nitrogens with zero attached hydrogens (tertiary/aromatic N) is 1. The Labute approximate surface area is 135 Å². The first kappa shape index (κ1) is 18.6. The molecule has 0 aromatic heterocycles. The average molecular weight is 379 g/mol. The summed E-state index contributed by atoms with van der Waals surface area (Å²) < 4.78 is 32.2. The van der Waals surface area contributed by atoms with Gasteiger partial charge in [0.2, 0.25) is 10.0 Å². The highest BCUT2D eigenvalue weighted by Gasteiger charge is 2.24. The third kappa shape index (κ3) is 4.75. The molecule has 0 saturated heterocycles. The van der Waals surface area contributed by atoms with Crippen molar-refractivity contribution in [1.82, 2.24) is 9.62 Å². The molecule has 0 aliphatic carbocycles. The number of methoxy groups -OCH3 is 1. The van der Waals surface area contributed by atoms with E-state index in [-0.39, 0.29) is 0 Å². The average Bonchev–Trinajstić information content (AvgIpc) is 2.45. The monoisotopic (exact) mass is 378 g/mol. The van der Waals surface area contributed by atoms with E-state index in [0.717, 1.165) is 17.7 Å². The summed E-state index contributed by atoms with van der Waals surface area (Å²) in [6.45, 7) is 6.08. The Kier molecular flexibility index (Phi) is 7.29. The number of hydrogen-bond donors (Lipinski definition) is 1. The van der Waals surface area contributed by atoms with Gasteiger partial charge in [0.05, 0.1) is 11.5 Å². The van der Waals surface area contributed by atoms with E-state index in [2.05, 4.69) is 21.2 Å². The number of likely N-dealkylation sites (N-methyl/N-ethyl adjacent to an activating group) is 1. The molecule has 0 fully saturated rings. The maximum Gasteiger partial charge on any atom is 0.244 e. The van der Waals surface area contributed by atoms with Crippen LogP contribution in [0.15, 0.2) is 21.5 Å². The third-order valence-electron chi connectivity index (χ3n) is 3.16. The molecule has 0 aliphatic rings. The van der Waals surface area contributed by atoms with Crippen molar-refractivity contribution in [3.05, 3.63) is 27.7 Å². The molecule has 0 amide bonds. The number of hydrogen-bond acceptors (Lipinski definition) is 4. The van der Waals surface area contributed by atoms with Crippen molar-refractivity contribution < 1.29 is 13.2 Å². The zero-order valence-corrected chi connectivity index (χ0v) is 15.3. The number of benzene rings is 1. The molecular weight excluding hydrogens is 356 g/mol. The predicted octanol–water partition coefficient (Wildman–Crippen LogP) is 2.13. The molecular formula is C14H23BrN2O3S. The fourth-order valence-electron chi connectivity index (χ4n) is 1.88. The van der Waals surface area contributed by atoms with Crippen LogP contribution in [0, 0.1) is 6.92 Å². The van der Waals surface area contributed by atoms with E-state index in [4.69, 9.17) is 4.74 Å². The molecule has 120 valence electrons. The van der Waals surface area contributed by atoms with Crippen LogP contribution in [0.4, 0.5) is 0 Å². The quantitative estimate of drug-likeness (QED) is 0.752. The van der Waals surface area contributed by atoms with Crippen molar-refractivity contribution in [2.24, 2.45) is 0 Å². The van der Waals surface area contributed by atoms with E-state index in [1.165, 1.54) is 4.31 Å². The van der Waals surface area contributed by atoms with Gasteiger partial charge in [-0.1, -0.05) is 13.0 Å². The van der Waals surface area contributed by atoms with Crippen LogP contribution >= 0.6 is 15.9 Å². The van der Waals surface area contributed by atoms with Gasteiger partial charge in [-0.25, -0.2) is 8.42 Å². The van der Waals surface area contributed by atoms with E-state index >= 15 is 0 Å². The second-order valence-electron chi connectivity index (χ2n) is 4.82. The molecule has 1 rings (SSSR count). The van der Waals surface area contributed by atoms with E-state index in [1.807, 2.05) is 19.9 Å². The van der Waals surface area contributed by atoms with Crippen LogP contribution < -0.4 is 5.32 Å². The normalized spacial score (nSPS) is 12.1. The van der Waals surface area contributed by atoms with E-state index < -0.39 is 10.0 Å². The van der Waals surface area contributed by atoms with Crippen LogP contribution in [-0.2, 0) is 21.3 Å². The molecule has 21 heavy (non-hydrogen) atoms. The zero-order valence-electron chi connectivity index (χ0n) is 12.9. The van der Waals surface area contributed by atoms with Gasteiger partial charge < -0.3 is 10.1 Å². The number of nitrogens with one attached hydrogen (secondary N) is 1. The van der Waals surface area contributed by atoms with E-state index in [9.17, 15) is 8.42 Å². The Morgan fingerprint density at radius 1 is 1.38 bits per heavy atom. The van der Waals surface area contributed by atoms with Gasteiger partial charge in [0.15, 0.2) is 0 Å². The van der Waals surface area contributed by atoms with Gasteiger partial charge in [-0.3, -0.25) is 0 Å². The number of aryl methyl sites for hydroxylation is 1. The van der Waals surface area contributed by atoms with Crippen LogP contribution in [0.1, 0.15) is 18.1 Å². The van der Waals surface area contributed by atoms with Gasteiger partial charge in [-0.05, 0) is 46.6 Å². The molecule has 0 atom stereocenters. The second kappa shape index (κ2) is 8.24. The lowest BCUT2D eigenvalue weighted by molar-refractivity contribution is 0.185. The molecule has 5 nitrogen and oxygen atoms in total. The Balaban J connectivity index is 3.18. The fourth-order valence-corrected chi connectivity index (χ4v) is 4.06. The minimum atomic E-state index is -3.53. The minimum Gasteiger partial charge on any atom is -0.383 e. The standard InChI is InChI=1S/C14H23BrN2O3S/c1-5-16-10-12-8-11(2)14(15)13(9-12)21(18,19)17(3)6-7-20-4/h8-9,16H,5-7,10H2,1-4H3. The third-order valence-corrected chi connectivity index (χ3v) is 6.35. The number of sulfonamides is 1. The molecule has 7 heteroatoms. The Hall–Kier alpha value is -0.470. The van der Waals surface area contributed by atoms with Crippen LogP contribution in [0.25, 0.3) is 0 Å². The van der Waals surface area contributed by atoms with Crippen molar-refractivity contribution in [2.45, 2.75) is 25.3 Å². The highest BCUT2D eigenvalue weighted by Crippen LogP contribution is 2.29. The van der Waals surface area contributed by atoms with Crippen molar-refractivity contribution in [2.75, 3.05) is 33.9 Å². The topological polar surface area (TPSA) is 58.6 Å². The van der Waals surface area contributed by atoms with E-state index in [1.54, 1.807) is 20.2 Å². The summed E-state index contributed by atoms with van der Waals surface area (Å²) in [6.07, 6.45) is 0. The Bertz CT molecular complexity index is 576. The lowest BCUT2D eigenvalue weighted by Gasteiger charge is -2.19. The lowest BCUT2D eigenvalue weighted by atomic mass is 10.1. The Morgan fingerprint density at radius 2 is 2.05 bits per heavy atom. The van der Waals surface area contributed by atoms with Gasteiger partial charge in [-0.2, -0.15) is 4.31 Å². The van der Waals surface area contributed by atoms with Gasteiger partial charge in [0.25, 0.3) is 0 Å². The first-order chi connectivity index (χ1) is 9.84. The minimum absolute atomic E-state index is 0.300. The second-order valence-corrected chi connectivity index (χ2v) is 7.63. The summed E-state index contributed by atoms with van der Waals surface area (Å²) >= 11 is 3.40. The van der Waals surface area contributed by atoms with Gasteiger partial charge in [-0.15, -0.1) is 0 Å². The number of rotatable bonds is 8. The molecule has 1 aromatic carbocycles. The molecule has 1 N–H and O–H groups in total. The van der Waals surface area contributed by atoms with Gasteiger partial charge >= 0.3 is 0 Å². The number of ether oxygens (including phenoxy) is 1. The van der Waals surface area contributed by atoms with Crippen LogP contribution in [0.3, 0.4) is 0 Å². The molecule has 0 spiro atoms. The maximum atomic E-state index is 12.7. The highest BCUT2D eigenvalue weighted by atomic mass is 79.9. The molecule has 0 saturated carbocycles. The predicted molar refractivity (Wildman–Crippen MR) is 88.0 cm³/mol. The molecule has 0 heterocycles. The summed E-state index contributed by atoms with van der Waals surface area (Å²) in [7, 11) is -0.418. The van der Waals surface area contributed by atoms with Crippen LogP contribution in [-0.4, -0.2) is 46.6 Å². The van der Waals surface area contributed by atoms with Crippen LogP contribution in [0.2, 0.25) is 0 Å². The number of halogens is 1. The van der Waals surface area contributed by atoms with E-state index in [0.29, 0.717) is 29.1 Å². The highest BCUT2D eigenvalue weighted by molar-refractivity contribution is 9.10. The Morgan fingerprint density at radius 3 is 2.62 bits per heavy atom. The van der Waals surface area contributed by atoms with Gasteiger partial charge in [0.1, 0.15) is 0 Å². The molecule has 0 unspecified atom stereocenters. The molecule has 0 bridgehead atoms. The fraction of sp³-hybridized carbons (Fsp3) is 0.571. The van der Waals surface area contributed by atoms with Crippen molar-refractivity contribution >= 4 is 26.0 Å². The van der Waals surface area contributed by atoms with Crippen molar-refractivity contribution in [3.8, 4) is 0 Å².